The summed E-state index contributed by atoms with van der Waals surface area (Å²) in [6.45, 7) is 6.48. The zero-order chi connectivity index (χ0) is 20.3. The molecule has 6 heteroatoms. The van der Waals surface area contributed by atoms with Crippen molar-refractivity contribution in [3.8, 4) is 0 Å². The van der Waals surface area contributed by atoms with Crippen LogP contribution in [-0.2, 0) is 16.6 Å². The number of aryl methyl sites for hydroxylation is 1. The molecule has 150 valence electrons. The number of aromatic nitrogens is 2. The van der Waals surface area contributed by atoms with Crippen LogP contribution < -0.4 is 4.90 Å². The van der Waals surface area contributed by atoms with Gasteiger partial charge in [0.05, 0.1) is 5.41 Å². The monoisotopic (exact) mass is 390 g/mol. The summed E-state index contributed by atoms with van der Waals surface area (Å²) in [6.07, 6.45) is 0.666. The average molecular weight is 390 g/mol. The first-order valence-corrected chi connectivity index (χ1v) is 10.0. The Morgan fingerprint density at radius 2 is 1.59 bits per heavy atom. The molecule has 4 rings (SSSR count). The minimum Gasteiger partial charge on any atom is -0.408 e. The van der Waals surface area contributed by atoms with E-state index in [4.69, 9.17) is 4.42 Å². The van der Waals surface area contributed by atoms with Gasteiger partial charge < -0.3 is 14.2 Å². The molecule has 29 heavy (non-hydrogen) atoms. The van der Waals surface area contributed by atoms with Gasteiger partial charge in [0.15, 0.2) is 0 Å². The molecule has 1 aromatic heterocycles. The summed E-state index contributed by atoms with van der Waals surface area (Å²) in [5.74, 6) is 0.715. The Labute approximate surface area is 171 Å². The minimum atomic E-state index is -0.619. The molecule has 1 aliphatic rings. The molecule has 1 atom stereocenters. The molecule has 0 N–H and O–H groups in total. The maximum Gasteiger partial charge on any atom is 0.318 e. The molecule has 3 aromatic rings. The molecule has 2 heterocycles. The number of hydrogen-bond donors (Lipinski definition) is 0. The van der Waals surface area contributed by atoms with Crippen LogP contribution in [0.25, 0.3) is 0 Å². The lowest BCUT2D eigenvalue weighted by atomic mass is 9.76. The molecule has 1 fully saturated rings. The van der Waals surface area contributed by atoms with Gasteiger partial charge in [-0.3, -0.25) is 4.79 Å². The summed E-state index contributed by atoms with van der Waals surface area (Å²) < 4.78 is 5.53. The van der Waals surface area contributed by atoms with E-state index in [0.29, 0.717) is 44.5 Å². The number of carbonyl (C=O) groups excluding carboxylic acids is 1. The van der Waals surface area contributed by atoms with Gasteiger partial charge in [-0.1, -0.05) is 65.8 Å². The Kier molecular flexibility index (Phi) is 5.34. The van der Waals surface area contributed by atoms with Crippen LogP contribution in [0.2, 0.25) is 0 Å². The van der Waals surface area contributed by atoms with Crippen LogP contribution >= 0.6 is 0 Å². The van der Waals surface area contributed by atoms with Gasteiger partial charge in [0.2, 0.25) is 11.8 Å². The van der Waals surface area contributed by atoms with Crippen LogP contribution in [0.1, 0.15) is 23.9 Å². The highest BCUT2D eigenvalue weighted by Gasteiger charge is 2.39. The molecule has 6 nitrogen and oxygen atoms in total. The highest BCUT2D eigenvalue weighted by Crippen LogP contribution is 2.31. The number of amides is 1. The lowest BCUT2D eigenvalue weighted by molar-refractivity contribution is -0.137. The van der Waals surface area contributed by atoms with Crippen LogP contribution in [0.4, 0.5) is 6.01 Å². The van der Waals surface area contributed by atoms with Crippen molar-refractivity contribution in [2.75, 3.05) is 31.1 Å². The quantitative estimate of drug-likeness (QED) is 0.669. The largest absolute Gasteiger partial charge is 0.408 e. The van der Waals surface area contributed by atoms with Gasteiger partial charge in [0, 0.05) is 33.1 Å². The average Bonchev–Trinajstić information content (AvgIpc) is 3.21. The molecule has 1 saturated heterocycles. The SMILES string of the molecule is Cc1nnc(N2CCN(C(=O)C(C)(Cc3ccccc3)c3ccccc3)CC2)o1. The summed E-state index contributed by atoms with van der Waals surface area (Å²) in [7, 11) is 0. The summed E-state index contributed by atoms with van der Waals surface area (Å²) >= 11 is 0. The Bertz CT molecular complexity index is 949. The van der Waals surface area contributed by atoms with Crippen LogP contribution in [0.15, 0.2) is 65.1 Å². The van der Waals surface area contributed by atoms with Crippen molar-refractivity contribution in [3.63, 3.8) is 0 Å². The highest BCUT2D eigenvalue weighted by molar-refractivity contribution is 5.88. The van der Waals surface area contributed by atoms with Gasteiger partial charge in [-0.25, -0.2) is 0 Å². The lowest BCUT2D eigenvalue weighted by Crippen LogP contribution is -2.54. The summed E-state index contributed by atoms with van der Waals surface area (Å²) in [6, 6.07) is 20.9. The fourth-order valence-corrected chi connectivity index (χ4v) is 3.97. The van der Waals surface area contributed by atoms with Crippen molar-refractivity contribution in [2.45, 2.75) is 25.7 Å². The maximum absolute atomic E-state index is 13.7. The van der Waals surface area contributed by atoms with Crippen molar-refractivity contribution >= 4 is 11.9 Å². The topological polar surface area (TPSA) is 62.5 Å². The normalized spacial score (nSPS) is 16.5. The Hall–Kier alpha value is -3.15. The number of rotatable bonds is 5. The molecule has 1 amide bonds. The Morgan fingerprint density at radius 1 is 0.966 bits per heavy atom. The van der Waals surface area contributed by atoms with E-state index in [9.17, 15) is 4.79 Å². The van der Waals surface area contributed by atoms with Gasteiger partial charge in [0.1, 0.15) is 0 Å². The summed E-state index contributed by atoms with van der Waals surface area (Å²) in [5.41, 5.74) is 1.59. The van der Waals surface area contributed by atoms with E-state index >= 15 is 0 Å². The summed E-state index contributed by atoms with van der Waals surface area (Å²) in [4.78, 5) is 17.7. The predicted octanol–water partition coefficient (Wildman–Crippen LogP) is 3.23. The van der Waals surface area contributed by atoms with Gasteiger partial charge in [-0.15, -0.1) is 5.10 Å². The first kappa shape index (κ1) is 19.2. The number of benzene rings is 2. The third-order valence-corrected chi connectivity index (χ3v) is 5.64. The second-order valence-corrected chi connectivity index (χ2v) is 7.74. The number of nitrogens with zero attached hydrogens (tertiary/aromatic N) is 4. The van der Waals surface area contributed by atoms with Crippen LogP contribution in [-0.4, -0.2) is 47.2 Å². The zero-order valence-corrected chi connectivity index (χ0v) is 16.9. The van der Waals surface area contributed by atoms with Crippen LogP contribution in [0.3, 0.4) is 0 Å². The fraction of sp³-hybridized carbons (Fsp3) is 0.348. The van der Waals surface area contributed by atoms with E-state index < -0.39 is 5.41 Å². The molecular weight excluding hydrogens is 364 g/mol. The van der Waals surface area contributed by atoms with Crippen molar-refractivity contribution in [2.24, 2.45) is 0 Å². The third-order valence-electron chi connectivity index (χ3n) is 5.64. The van der Waals surface area contributed by atoms with Gasteiger partial charge in [-0.05, 0) is 24.5 Å². The molecular formula is C23H26N4O2. The second-order valence-electron chi connectivity index (χ2n) is 7.74. The minimum absolute atomic E-state index is 0.161. The van der Waals surface area contributed by atoms with Crippen LogP contribution in [0, 0.1) is 6.92 Å². The van der Waals surface area contributed by atoms with Gasteiger partial charge in [-0.2, -0.15) is 0 Å². The third kappa shape index (κ3) is 4.01. The van der Waals surface area contributed by atoms with Gasteiger partial charge in [0.25, 0.3) is 0 Å². The summed E-state index contributed by atoms with van der Waals surface area (Å²) in [5, 5.41) is 8.00. The van der Waals surface area contributed by atoms with Crippen molar-refractivity contribution in [1.29, 1.82) is 0 Å². The van der Waals surface area contributed by atoms with E-state index in [1.807, 2.05) is 46.2 Å². The highest BCUT2D eigenvalue weighted by atomic mass is 16.4. The second kappa shape index (κ2) is 8.07. The molecule has 0 bridgehead atoms. The van der Waals surface area contributed by atoms with Crippen LogP contribution in [0.5, 0.6) is 0 Å². The number of carbonyl (C=O) groups is 1. The van der Waals surface area contributed by atoms with E-state index in [0.717, 1.165) is 11.1 Å². The van der Waals surface area contributed by atoms with Crippen molar-refractivity contribution in [1.82, 2.24) is 15.1 Å². The van der Waals surface area contributed by atoms with Gasteiger partial charge >= 0.3 is 6.01 Å². The Balaban J connectivity index is 1.54. The first-order chi connectivity index (χ1) is 14.1. The lowest BCUT2D eigenvalue weighted by Gasteiger charge is -2.39. The molecule has 0 spiro atoms. The maximum atomic E-state index is 13.7. The molecule has 2 aromatic carbocycles. The van der Waals surface area contributed by atoms with E-state index in [1.54, 1.807) is 6.92 Å². The number of anilines is 1. The molecule has 0 saturated carbocycles. The molecule has 1 unspecified atom stereocenters. The van der Waals surface area contributed by atoms with E-state index in [-0.39, 0.29) is 5.91 Å². The van der Waals surface area contributed by atoms with Crippen molar-refractivity contribution in [3.05, 3.63) is 77.7 Å². The number of hydrogen-bond acceptors (Lipinski definition) is 5. The van der Waals surface area contributed by atoms with E-state index in [1.165, 1.54) is 0 Å². The fourth-order valence-electron chi connectivity index (χ4n) is 3.97. The predicted molar refractivity (Wildman–Crippen MR) is 112 cm³/mol. The van der Waals surface area contributed by atoms with E-state index in [2.05, 4.69) is 41.4 Å². The smallest absolute Gasteiger partial charge is 0.318 e. The molecule has 1 aliphatic heterocycles. The van der Waals surface area contributed by atoms with Crippen molar-refractivity contribution < 1.29 is 9.21 Å². The number of piperazine rings is 1. The first-order valence-electron chi connectivity index (χ1n) is 10.0. The molecule has 0 radical (unpaired) electrons. The zero-order valence-electron chi connectivity index (χ0n) is 16.9. The molecule has 0 aliphatic carbocycles. The standard InChI is InChI=1S/C23H26N4O2/c1-18-24-25-22(29-18)27-15-13-26(14-16-27)21(28)23(2,20-11-7-4-8-12-20)17-19-9-5-3-6-10-19/h3-12H,13-17H2,1-2H3. The Morgan fingerprint density at radius 3 is 2.17 bits per heavy atom.